The van der Waals surface area contributed by atoms with Crippen LogP contribution >= 0.6 is 11.3 Å². The summed E-state index contributed by atoms with van der Waals surface area (Å²) in [5.41, 5.74) is 2.70. The molecule has 154 valence electrons. The number of benzene rings is 1. The number of nitrogens with one attached hydrogen (secondary N) is 1. The predicted molar refractivity (Wildman–Crippen MR) is 119 cm³/mol. The van der Waals surface area contributed by atoms with Crippen LogP contribution in [0.5, 0.6) is 0 Å². The molecular weight excluding hydrogens is 380 g/mol. The third-order valence-corrected chi connectivity index (χ3v) is 6.83. The summed E-state index contributed by atoms with van der Waals surface area (Å²) in [5, 5.41) is 5.51. The molecule has 4 rings (SSSR count). The summed E-state index contributed by atoms with van der Waals surface area (Å²) in [7, 11) is 0. The van der Waals surface area contributed by atoms with Crippen LogP contribution in [-0.4, -0.2) is 54.4 Å². The van der Waals surface area contributed by atoms with Gasteiger partial charge in [0.05, 0.1) is 0 Å². The molecule has 1 fully saturated rings. The molecule has 2 aliphatic heterocycles. The maximum absolute atomic E-state index is 12.7. The van der Waals surface area contributed by atoms with Crippen LogP contribution in [-0.2, 0) is 24.2 Å². The van der Waals surface area contributed by atoms with Crippen molar-refractivity contribution in [3.63, 3.8) is 0 Å². The van der Waals surface area contributed by atoms with Gasteiger partial charge in [-0.2, -0.15) is 0 Å². The first-order valence-corrected chi connectivity index (χ1v) is 11.5. The molecule has 1 unspecified atom stereocenters. The monoisotopic (exact) mass is 410 g/mol. The van der Waals surface area contributed by atoms with E-state index in [1.807, 2.05) is 4.90 Å². The van der Waals surface area contributed by atoms with Crippen LogP contribution in [0.4, 0.5) is 0 Å². The van der Waals surface area contributed by atoms with Crippen LogP contribution in [0.1, 0.15) is 29.3 Å². The highest BCUT2D eigenvalue weighted by Crippen LogP contribution is 2.24. The molecule has 3 heterocycles. The van der Waals surface area contributed by atoms with Gasteiger partial charge in [-0.1, -0.05) is 30.3 Å². The second-order valence-electron chi connectivity index (χ2n) is 7.89. The lowest BCUT2D eigenvalue weighted by Gasteiger charge is -2.27. The second-order valence-corrected chi connectivity index (χ2v) is 8.90. The summed E-state index contributed by atoms with van der Waals surface area (Å²) in [6.07, 6.45) is 3.24. The topological polar surface area (TPSA) is 47.9 Å². The SMILES string of the molecule is CCNC(=NCC(=O)N1CCc2sccc2C1)N1CCC(Cc2ccccc2)C1. The highest BCUT2D eigenvalue weighted by molar-refractivity contribution is 7.10. The zero-order valence-corrected chi connectivity index (χ0v) is 18.0. The van der Waals surface area contributed by atoms with Gasteiger partial charge in [-0.3, -0.25) is 4.79 Å². The van der Waals surface area contributed by atoms with E-state index in [4.69, 9.17) is 4.99 Å². The Morgan fingerprint density at radius 2 is 2.07 bits per heavy atom. The van der Waals surface area contributed by atoms with Crippen molar-refractivity contribution in [2.24, 2.45) is 10.9 Å². The fourth-order valence-corrected chi connectivity index (χ4v) is 5.16. The van der Waals surface area contributed by atoms with Crippen molar-refractivity contribution in [1.29, 1.82) is 0 Å². The molecule has 1 aromatic heterocycles. The summed E-state index contributed by atoms with van der Waals surface area (Å²) in [4.78, 5) is 23.1. The van der Waals surface area contributed by atoms with Crippen molar-refractivity contribution >= 4 is 23.2 Å². The lowest BCUT2D eigenvalue weighted by Crippen LogP contribution is -2.42. The summed E-state index contributed by atoms with van der Waals surface area (Å²) in [6, 6.07) is 12.8. The minimum atomic E-state index is 0.122. The van der Waals surface area contributed by atoms with Crippen molar-refractivity contribution in [2.75, 3.05) is 32.7 Å². The van der Waals surface area contributed by atoms with Crippen molar-refractivity contribution in [1.82, 2.24) is 15.1 Å². The molecule has 2 aliphatic rings. The largest absolute Gasteiger partial charge is 0.357 e. The van der Waals surface area contributed by atoms with E-state index < -0.39 is 0 Å². The average Bonchev–Trinajstić information content (AvgIpc) is 3.40. The molecule has 1 aromatic carbocycles. The van der Waals surface area contributed by atoms with Crippen LogP contribution in [0.15, 0.2) is 46.8 Å². The molecule has 2 aromatic rings. The molecule has 1 saturated heterocycles. The number of fused-ring (bicyclic) bond motifs is 1. The first kappa shape index (κ1) is 20.0. The van der Waals surface area contributed by atoms with E-state index in [0.717, 1.165) is 51.5 Å². The molecule has 0 spiro atoms. The Kier molecular flexibility index (Phi) is 6.49. The van der Waals surface area contributed by atoms with Crippen molar-refractivity contribution in [2.45, 2.75) is 32.7 Å². The third-order valence-electron chi connectivity index (χ3n) is 5.81. The van der Waals surface area contributed by atoms with E-state index in [0.29, 0.717) is 5.92 Å². The van der Waals surface area contributed by atoms with Crippen LogP contribution < -0.4 is 5.32 Å². The smallest absolute Gasteiger partial charge is 0.244 e. The van der Waals surface area contributed by atoms with Crippen LogP contribution in [0.2, 0.25) is 0 Å². The van der Waals surface area contributed by atoms with Gasteiger partial charge < -0.3 is 15.1 Å². The second kappa shape index (κ2) is 9.44. The van der Waals surface area contributed by atoms with E-state index in [9.17, 15) is 4.79 Å². The van der Waals surface area contributed by atoms with E-state index in [1.165, 1.54) is 22.4 Å². The first-order chi connectivity index (χ1) is 14.2. The standard InChI is InChI=1S/C23H30N4OS/c1-2-24-23(27-11-8-19(16-27)14-18-6-4-3-5-7-18)25-15-22(28)26-12-9-21-20(17-26)10-13-29-21/h3-7,10,13,19H,2,8-9,11-12,14-17H2,1H3,(H,24,25). The summed E-state index contributed by atoms with van der Waals surface area (Å²) in [6.45, 7) is 6.65. The van der Waals surface area contributed by atoms with Gasteiger partial charge in [-0.25, -0.2) is 4.99 Å². The quantitative estimate of drug-likeness (QED) is 0.608. The number of thiophene rings is 1. The molecule has 0 radical (unpaired) electrons. The molecule has 1 amide bonds. The van der Waals surface area contributed by atoms with Gasteiger partial charge >= 0.3 is 0 Å². The number of carbonyl (C=O) groups is 1. The molecule has 0 bridgehead atoms. The van der Waals surface area contributed by atoms with Gasteiger partial charge in [0.1, 0.15) is 6.54 Å². The number of rotatable bonds is 5. The maximum atomic E-state index is 12.7. The molecule has 0 saturated carbocycles. The van der Waals surface area contributed by atoms with E-state index >= 15 is 0 Å². The van der Waals surface area contributed by atoms with Gasteiger partial charge in [0.2, 0.25) is 5.91 Å². The molecule has 1 N–H and O–H groups in total. The third kappa shape index (κ3) is 4.99. The highest BCUT2D eigenvalue weighted by Gasteiger charge is 2.26. The Morgan fingerprint density at radius 1 is 1.21 bits per heavy atom. The van der Waals surface area contributed by atoms with E-state index in [-0.39, 0.29) is 12.5 Å². The number of guanidine groups is 1. The number of carbonyl (C=O) groups excluding carboxylic acids is 1. The molecular formula is C23H30N4OS. The summed E-state index contributed by atoms with van der Waals surface area (Å²) < 4.78 is 0. The predicted octanol–water partition coefficient (Wildman–Crippen LogP) is 3.16. The fraction of sp³-hybridized carbons (Fsp3) is 0.478. The highest BCUT2D eigenvalue weighted by atomic mass is 32.1. The Labute approximate surface area is 177 Å². The summed E-state index contributed by atoms with van der Waals surface area (Å²) >= 11 is 1.80. The Hall–Kier alpha value is -2.34. The number of amides is 1. The zero-order chi connectivity index (χ0) is 20.1. The molecule has 29 heavy (non-hydrogen) atoms. The fourth-order valence-electron chi connectivity index (χ4n) is 4.27. The number of hydrogen-bond donors (Lipinski definition) is 1. The van der Waals surface area contributed by atoms with Crippen LogP contribution in [0.25, 0.3) is 0 Å². The lowest BCUT2D eigenvalue weighted by atomic mass is 9.99. The van der Waals surface area contributed by atoms with Gasteiger partial charge in [0.15, 0.2) is 5.96 Å². The Morgan fingerprint density at radius 3 is 2.90 bits per heavy atom. The maximum Gasteiger partial charge on any atom is 0.244 e. The van der Waals surface area contributed by atoms with Crippen LogP contribution in [0, 0.1) is 5.92 Å². The molecule has 0 aliphatic carbocycles. The first-order valence-electron chi connectivity index (χ1n) is 10.6. The van der Waals surface area contributed by atoms with Gasteiger partial charge in [0, 0.05) is 37.6 Å². The average molecular weight is 411 g/mol. The number of aliphatic imine (C=N–C) groups is 1. The Balaban J connectivity index is 1.33. The molecule has 1 atom stereocenters. The number of hydrogen-bond acceptors (Lipinski definition) is 3. The van der Waals surface area contributed by atoms with E-state index in [2.05, 4.69) is 58.9 Å². The van der Waals surface area contributed by atoms with Gasteiger partial charge in [0.25, 0.3) is 0 Å². The van der Waals surface area contributed by atoms with Crippen molar-refractivity contribution in [3.05, 3.63) is 57.8 Å². The lowest BCUT2D eigenvalue weighted by molar-refractivity contribution is -0.130. The Bertz CT molecular complexity index is 848. The number of likely N-dealkylation sites (tertiary alicyclic amines) is 1. The van der Waals surface area contributed by atoms with E-state index in [1.54, 1.807) is 11.3 Å². The molecule has 6 heteroatoms. The van der Waals surface area contributed by atoms with Crippen LogP contribution in [0.3, 0.4) is 0 Å². The summed E-state index contributed by atoms with van der Waals surface area (Å²) in [5.74, 6) is 1.64. The normalized spacial score (nSPS) is 19.3. The number of nitrogens with zero attached hydrogens (tertiary/aromatic N) is 3. The minimum Gasteiger partial charge on any atom is -0.357 e. The minimum absolute atomic E-state index is 0.122. The molecule has 5 nitrogen and oxygen atoms in total. The zero-order valence-electron chi connectivity index (χ0n) is 17.1. The van der Waals surface area contributed by atoms with Gasteiger partial charge in [-0.05, 0) is 54.7 Å². The van der Waals surface area contributed by atoms with Crippen molar-refractivity contribution in [3.8, 4) is 0 Å². The van der Waals surface area contributed by atoms with Crippen molar-refractivity contribution < 1.29 is 4.79 Å². The van der Waals surface area contributed by atoms with Gasteiger partial charge in [-0.15, -0.1) is 11.3 Å².